The van der Waals surface area contributed by atoms with Gasteiger partial charge in [0.2, 0.25) is 81.2 Å². The van der Waals surface area contributed by atoms with Crippen LogP contribution in [0.2, 0.25) is 0 Å². The van der Waals surface area contributed by atoms with Gasteiger partial charge in [0, 0.05) is 0 Å². The third-order valence-electron chi connectivity index (χ3n) is 6.14. The molecule has 0 fully saturated rings. The summed E-state index contributed by atoms with van der Waals surface area (Å²) in [7, 11) is 0. The van der Waals surface area contributed by atoms with Crippen molar-refractivity contribution < 1.29 is 146 Å². The van der Waals surface area contributed by atoms with Crippen LogP contribution in [0.15, 0.2) is 23.7 Å². The van der Waals surface area contributed by atoms with Crippen molar-refractivity contribution in [1.82, 2.24) is 0 Å². The highest BCUT2D eigenvalue weighted by Gasteiger charge is 2.84. The Hall–Kier alpha value is -4.78. The van der Waals surface area contributed by atoms with Crippen molar-refractivity contribution in [2.45, 2.75) is 47.9 Å². The van der Waals surface area contributed by atoms with Gasteiger partial charge in [0.1, 0.15) is 0 Å². The summed E-state index contributed by atoms with van der Waals surface area (Å²) in [6, 6.07) is -9.18. The van der Waals surface area contributed by atoms with Crippen LogP contribution in [0.5, 0.6) is 23.0 Å². The highest BCUT2D eigenvalue weighted by atomic mass is 19.4. The molecule has 0 unspecified atom stereocenters. The topological polar surface area (TPSA) is 27.7 Å². The summed E-state index contributed by atoms with van der Waals surface area (Å²) in [6.45, 7) is 0. The van der Waals surface area contributed by atoms with Crippen molar-refractivity contribution in [2.75, 3.05) is 0 Å². The van der Waals surface area contributed by atoms with Gasteiger partial charge in [-0.15, -0.1) is 0 Å². The van der Waals surface area contributed by atoms with Gasteiger partial charge in [-0.05, 0) is 0 Å². The number of benzene rings is 2. The molecule has 0 N–H and O–H groups in total. The summed E-state index contributed by atoms with van der Waals surface area (Å²) in [5.41, 5.74) is 0. The summed E-state index contributed by atoms with van der Waals surface area (Å²) < 4.78 is 414. The van der Waals surface area contributed by atoms with Gasteiger partial charge in [-0.25, -0.2) is 17.6 Å². The number of halogens is 30. The number of hydrogen-bond acceptors (Lipinski definition) is 3. The van der Waals surface area contributed by atoms with E-state index < -0.39 is 141 Å². The normalized spacial score (nSPS) is 15.1. The molecule has 0 saturated heterocycles. The monoisotopic (exact) mass is 906 g/mol. The van der Waals surface area contributed by atoms with E-state index in [1.807, 2.05) is 0 Å². The van der Waals surface area contributed by atoms with Crippen molar-refractivity contribution in [3.05, 3.63) is 70.2 Å². The van der Waals surface area contributed by atoms with Crippen molar-refractivity contribution in [3.63, 3.8) is 0 Å². The van der Waals surface area contributed by atoms with Crippen LogP contribution in [0.3, 0.4) is 0 Å². The number of hydrogen-bond donors (Lipinski definition) is 0. The first-order chi connectivity index (χ1) is 25.1. The van der Waals surface area contributed by atoms with Crippen molar-refractivity contribution >= 4 is 0 Å². The third-order valence-corrected chi connectivity index (χ3v) is 6.14. The van der Waals surface area contributed by atoms with E-state index in [0.717, 1.165) is 0 Å². The van der Waals surface area contributed by atoms with Crippen LogP contribution in [0, 0.1) is 46.5 Å². The van der Waals surface area contributed by atoms with Crippen molar-refractivity contribution in [2.24, 2.45) is 0 Å². The van der Waals surface area contributed by atoms with Crippen LogP contribution in [0.4, 0.5) is 132 Å². The maximum absolute atomic E-state index is 14.6. The number of alkyl halides is 18. The zero-order valence-corrected chi connectivity index (χ0v) is 24.6. The van der Waals surface area contributed by atoms with Gasteiger partial charge >= 0.3 is 59.9 Å². The van der Waals surface area contributed by atoms with Crippen LogP contribution < -0.4 is 14.2 Å². The molecule has 0 aliphatic heterocycles. The van der Waals surface area contributed by atoms with Crippen LogP contribution in [0.1, 0.15) is 0 Å². The minimum absolute atomic E-state index is 2.87. The fourth-order valence-corrected chi connectivity index (χ4v) is 3.19. The molecule has 2 aromatic carbocycles. The second kappa shape index (κ2) is 14.6. The van der Waals surface area contributed by atoms with E-state index in [0.29, 0.717) is 0 Å². The molecule has 0 aliphatic rings. The maximum Gasteiger partial charge on any atom is 0.460 e. The standard InChI is InChI=1S/C24F30O3/c25-1-3(27)7(31)11(56-15(35)13(33)17(37,38)19(41,42)21(45,46)23(49,50)51)9(5(1)29)55-10-6(30)2(26)4(28)8(32)12(10)57-16(36)14(34)18(39,40)20(43,44)22(47,48)24(52,53)54. The molecular formula is C24F30O3. The second-order valence-corrected chi connectivity index (χ2v) is 9.75. The summed E-state index contributed by atoms with van der Waals surface area (Å²) in [5.74, 6) is -102. The first-order valence-electron chi connectivity index (χ1n) is 12.4. The Morgan fingerprint density at radius 1 is 0.298 bits per heavy atom. The first-order valence-corrected chi connectivity index (χ1v) is 12.4. The molecule has 0 amide bonds. The molecule has 0 radical (unpaired) electrons. The number of allylic oxidation sites excluding steroid dienone is 2. The molecule has 2 rings (SSSR count). The molecule has 0 spiro atoms. The lowest BCUT2D eigenvalue weighted by atomic mass is 10.0. The molecule has 2 aromatic rings. The van der Waals surface area contributed by atoms with Gasteiger partial charge in [0.15, 0.2) is 0 Å². The maximum atomic E-state index is 14.6. The quantitative estimate of drug-likeness (QED) is 0.0919. The predicted molar refractivity (Wildman–Crippen MR) is 114 cm³/mol. The largest absolute Gasteiger partial charge is 0.460 e. The Labute approximate surface area is 288 Å². The summed E-state index contributed by atoms with van der Waals surface area (Å²) in [6.07, 6.45) is -15.6. The van der Waals surface area contributed by atoms with E-state index in [-0.39, 0.29) is 0 Å². The minimum Gasteiger partial charge on any atom is -0.443 e. The Bertz CT molecular complexity index is 1830. The van der Waals surface area contributed by atoms with Gasteiger partial charge in [-0.2, -0.15) is 114 Å². The molecule has 0 atom stereocenters. The average Bonchev–Trinajstić information content (AvgIpc) is 3.07. The Kier molecular flexibility index (Phi) is 12.3. The van der Waals surface area contributed by atoms with E-state index in [1.54, 1.807) is 0 Å². The smallest absolute Gasteiger partial charge is 0.443 e. The molecule has 0 aliphatic carbocycles. The van der Waals surface area contributed by atoms with Crippen molar-refractivity contribution in [3.8, 4) is 23.0 Å². The molecule has 0 saturated carbocycles. The van der Waals surface area contributed by atoms with Gasteiger partial charge in [0.05, 0.1) is 0 Å². The first kappa shape index (κ1) is 48.4. The third kappa shape index (κ3) is 7.43. The van der Waals surface area contributed by atoms with Gasteiger partial charge < -0.3 is 14.2 Å². The van der Waals surface area contributed by atoms with Gasteiger partial charge in [0.25, 0.3) is 0 Å². The minimum atomic E-state index is -8.20. The van der Waals surface area contributed by atoms with Crippen LogP contribution in [-0.2, 0) is 0 Å². The van der Waals surface area contributed by atoms with E-state index in [4.69, 9.17) is 0 Å². The van der Waals surface area contributed by atoms with Gasteiger partial charge in [-0.1, -0.05) is 0 Å². The molecule has 324 valence electrons. The summed E-state index contributed by atoms with van der Waals surface area (Å²) in [5, 5.41) is 0. The lowest BCUT2D eigenvalue weighted by Crippen LogP contribution is -2.61. The zero-order valence-electron chi connectivity index (χ0n) is 24.6. The number of rotatable bonds is 12. The zero-order chi connectivity index (χ0) is 45.4. The molecule has 0 heterocycles. The van der Waals surface area contributed by atoms with Crippen LogP contribution in [0.25, 0.3) is 0 Å². The number of ether oxygens (including phenoxy) is 3. The molecule has 0 aromatic heterocycles. The Balaban J connectivity index is 2.96. The lowest BCUT2D eigenvalue weighted by Gasteiger charge is -2.32. The summed E-state index contributed by atoms with van der Waals surface area (Å²) >= 11 is 0. The SMILES string of the molecule is FC(Oc1c(F)c(F)c(F)c(F)c1Oc1c(F)c(F)c(F)c(F)c1OC(F)=C(F)C(F)(F)C(F)(F)C(F)(F)C(F)(F)F)=C(F)C(F)(F)C(F)(F)C(F)(F)C(F)(F)F. The van der Waals surface area contributed by atoms with E-state index in [9.17, 15) is 132 Å². The molecular weight excluding hydrogens is 906 g/mol. The molecule has 0 bridgehead atoms. The lowest BCUT2D eigenvalue weighted by molar-refractivity contribution is -0.392. The molecule has 3 nitrogen and oxygen atoms in total. The Morgan fingerprint density at radius 3 is 0.719 bits per heavy atom. The highest BCUT2D eigenvalue weighted by molar-refractivity contribution is 5.52. The fourth-order valence-electron chi connectivity index (χ4n) is 3.19. The van der Waals surface area contributed by atoms with Crippen molar-refractivity contribution in [1.29, 1.82) is 0 Å². The molecule has 33 heteroatoms. The Morgan fingerprint density at radius 2 is 0.509 bits per heavy atom. The fraction of sp³-hybridized carbons (Fsp3) is 0.333. The van der Waals surface area contributed by atoms with E-state index in [1.165, 1.54) is 0 Å². The van der Waals surface area contributed by atoms with E-state index >= 15 is 0 Å². The average molecular weight is 906 g/mol. The van der Waals surface area contributed by atoms with Gasteiger partial charge in [-0.3, -0.25) is 0 Å². The predicted octanol–water partition coefficient (Wildman–Crippen LogP) is 12.5. The second-order valence-electron chi connectivity index (χ2n) is 9.75. The molecule has 57 heavy (non-hydrogen) atoms. The van der Waals surface area contributed by atoms with Crippen LogP contribution in [-0.4, -0.2) is 47.9 Å². The van der Waals surface area contributed by atoms with E-state index in [2.05, 4.69) is 14.2 Å². The highest BCUT2D eigenvalue weighted by Crippen LogP contribution is 2.58. The van der Waals surface area contributed by atoms with Crippen LogP contribution >= 0.6 is 0 Å². The summed E-state index contributed by atoms with van der Waals surface area (Å²) in [4.78, 5) is 0.